The number of para-hydroxylation sites is 2. The average Bonchev–Trinajstić information content (AvgIpc) is 2.82. The topological polar surface area (TPSA) is 47.6 Å². The summed E-state index contributed by atoms with van der Waals surface area (Å²) in [6, 6.07) is 25.0. The molecule has 0 saturated heterocycles. The van der Waals surface area contributed by atoms with Crippen molar-refractivity contribution < 1.29 is 14.3 Å². The molecule has 1 aliphatic heterocycles. The highest BCUT2D eigenvalue weighted by Crippen LogP contribution is 2.55. The van der Waals surface area contributed by atoms with Crippen LogP contribution >= 0.6 is 0 Å². The van der Waals surface area contributed by atoms with E-state index < -0.39 is 6.10 Å². The van der Waals surface area contributed by atoms with Crippen LogP contribution in [0.5, 0.6) is 11.5 Å². The molecule has 30 heavy (non-hydrogen) atoms. The minimum Gasteiger partial charge on any atom is -0.485 e. The van der Waals surface area contributed by atoms with Gasteiger partial charge >= 0.3 is 0 Å². The van der Waals surface area contributed by atoms with Gasteiger partial charge in [-0.3, -0.25) is 4.79 Å². The predicted molar refractivity (Wildman–Crippen MR) is 114 cm³/mol. The minimum absolute atomic E-state index is 0.104. The number of carbonyl (C=O) groups is 1. The SMILES string of the molecule is O=C(NCC1CC2c3ccccc3C1c1ccccc12)C1COc2ccccc2O1. The summed E-state index contributed by atoms with van der Waals surface area (Å²) < 4.78 is 11.6. The molecule has 3 aromatic rings. The van der Waals surface area contributed by atoms with Gasteiger partial charge in [0, 0.05) is 18.4 Å². The van der Waals surface area contributed by atoms with E-state index in [4.69, 9.17) is 9.47 Å². The first-order valence-electron chi connectivity index (χ1n) is 10.6. The quantitative estimate of drug-likeness (QED) is 0.719. The number of benzene rings is 3. The van der Waals surface area contributed by atoms with Crippen LogP contribution in [-0.2, 0) is 4.79 Å². The molecule has 7 rings (SSSR count). The predicted octanol–water partition coefficient (Wildman–Crippen LogP) is 4.24. The van der Waals surface area contributed by atoms with Crippen LogP contribution in [0.1, 0.15) is 40.5 Å². The number of rotatable bonds is 3. The number of carbonyl (C=O) groups excluding carboxylic acids is 1. The van der Waals surface area contributed by atoms with E-state index in [2.05, 4.69) is 53.8 Å². The molecule has 0 aromatic heterocycles. The fourth-order valence-electron chi connectivity index (χ4n) is 5.45. The maximum absolute atomic E-state index is 12.8. The second-order valence-corrected chi connectivity index (χ2v) is 8.39. The smallest absolute Gasteiger partial charge is 0.264 e. The first-order valence-corrected chi connectivity index (χ1v) is 10.6. The lowest BCUT2D eigenvalue weighted by Crippen LogP contribution is -2.47. The Bertz CT molecular complexity index is 1080. The van der Waals surface area contributed by atoms with Gasteiger partial charge in [-0.25, -0.2) is 0 Å². The Balaban J connectivity index is 1.21. The molecule has 4 aliphatic rings. The van der Waals surface area contributed by atoms with Crippen LogP contribution in [-0.4, -0.2) is 25.2 Å². The highest BCUT2D eigenvalue weighted by Gasteiger charge is 2.43. The molecule has 1 heterocycles. The summed E-state index contributed by atoms with van der Waals surface area (Å²) in [6.45, 7) is 0.884. The van der Waals surface area contributed by atoms with Crippen molar-refractivity contribution in [2.75, 3.05) is 13.2 Å². The first-order chi connectivity index (χ1) is 14.8. The Kier molecular flexibility index (Phi) is 4.05. The second-order valence-electron chi connectivity index (χ2n) is 8.39. The molecule has 0 fully saturated rings. The number of ether oxygens (including phenoxy) is 2. The van der Waals surface area contributed by atoms with Gasteiger partial charge in [0.15, 0.2) is 11.5 Å². The molecule has 2 bridgehead atoms. The first kappa shape index (κ1) is 17.6. The van der Waals surface area contributed by atoms with Crippen molar-refractivity contribution in [1.82, 2.24) is 5.32 Å². The summed E-state index contributed by atoms with van der Waals surface area (Å²) in [5.41, 5.74) is 5.73. The minimum atomic E-state index is -0.611. The second kappa shape index (κ2) is 6.91. The van der Waals surface area contributed by atoms with E-state index in [1.165, 1.54) is 22.3 Å². The summed E-state index contributed by atoms with van der Waals surface area (Å²) in [5, 5.41) is 3.16. The van der Waals surface area contributed by atoms with Crippen molar-refractivity contribution in [2.45, 2.75) is 24.4 Å². The van der Waals surface area contributed by atoms with Gasteiger partial charge in [-0.1, -0.05) is 60.7 Å². The number of amides is 1. The summed E-state index contributed by atoms with van der Waals surface area (Å²) in [7, 11) is 0. The molecule has 4 heteroatoms. The summed E-state index contributed by atoms with van der Waals surface area (Å²) in [6.07, 6.45) is 0.448. The van der Waals surface area contributed by atoms with Gasteiger partial charge < -0.3 is 14.8 Å². The largest absolute Gasteiger partial charge is 0.485 e. The fraction of sp³-hybridized carbons (Fsp3) is 0.269. The van der Waals surface area contributed by atoms with E-state index in [1.54, 1.807) is 0 Å². The van der Waals surface area contributed by atoms with Crippen molar-refractivity contribution in [3.8, 4) is 11.5 Å². The summed E-state index contributed by atoms with van der Waals surface area (Å²) >= 11 is 0. The third kappa shape index (κ3) is 2.71. The Hall–Kier alpha value is -3.27. The van der Waals surface area contributed by atoms with Crippen molar-refractivity contribution in [1.29, 1.82) is 0 Å². The van der Waals surface area contributed by atoms with E-state index in [1.807, 2.05) is 24.3 Å². The van der Waals surface area contributed by atoms with Gasteiger partial charge in [0.2, 0.25) is 6.10 Å². The number of hydrogen-bond acceptors (Lipinski definition) is 3. The molecule has 0 spiro atoms. The Labute approximate surface area is 175 Å². The maximum Gasteiger partial charge on any atom is 0.264 e. The molecule has 150 valence electrons. The molecular formula is C26H23NO3. The van der Waals surface area contributed by atoms with Gasteiger partial charge in [0.25, 0.3) is 5.91 Å². The van der Waals surface area contributed by atoms with Crippen molar-refractivity contribution in [3.05, 3.63) is 95.1 Å². The number of hydrogen-bond donors (Lipinski definition) is 1. The molecule has 0 radical (unpaired) electrons. The van der Waals surface area contributed by atoms with E-state index in [0.717, 1.165) is 6.42 Å². The van der Waals surface area contributed by atoms with E-state index in [0.29, 0.717) is 35.8 Å². The van der Waals surface area contributed by atoms with Gasteiger partial charge in [-0.15, -0.1) is 0 Å². The highest BCUT2D eigenvalue weighted by atomic mass is 16.6. The molecule has 2 atom stereocenters. The lowest BCUT2D eigenvalue weighted by Gasteiger charge is -2.45. The van der Waals surface area contributed by atoms with Crippen LogP contribution in [0.2, 0.25) is 0 Å². The van der Waals surface area contributed by atoms with Gasteiger partial charge in [0.05, 0.1) is 0 Å². The Morgan fingerprint density at radius 3 is 2.13 bits per heavy atom. The monoisotopic (exact) mass is 397 g/mol. The van der Waals surface area contributed by atoms with Crippen LogP contribution in [0, 0.1) is 5.92 Å². The molecule has 0 saturated carbocycles. The maximum atomic E-state index is 12.8. The van der Waals surface area contributed by atoms with Crippen molar-refractivity contribution >= 4 is 5.91 Å². The molecular weight excluding hydrogens is 374 g/mol. The molecule has 4 nitrogen and oxygen atoms in total. The zero-order chi connectivity index (χ0) is 20.1. The Morgan fingerprint density at radius 1 is 0.833 bits per heavy atom. The molecule has 1 N–H and O–H groups in total. The van der Waals surface area contributed by atoms with Crippen molar-refractivity contribution in [2.24, 2.45) is 5.92 Å². The number of nitrogens with one attached hydrogen (secondary N) is 1. The standard InChI is InChI=1S/C26H23NO3/c28-26(24-15-29-22-11-5-6-12-23(22)30-24)27-14-16-13-21-17-7-1-3-9-19(17)25(16)20-10-4-2-8-18(20)21/h1-12,16,21,24-25H,13-15H2,(H,27,28). The molecule has 1 amide bonds. The molecule has 2 unspecified atom stereocenters. The number of fused-ring (bicyclic) bond motifs is 2. The third-order valence-corrected chi connectivity index (χ3v) is 6.76. The van der Waals surface area contributed by atoms with Gasteiger partial charge in [0.1, 0.15) is 6.61 Å². The van der Waals surface area contributed by atoms with E-state index in [9.17, 15) is 4.79 Å². The Morgan fingerprint density at radius 2 is 1.43 bits per heavy atom. The van der Waals surface area contributed by atoms with Gasteiger partial charge in [-0.05, 0) is 46.7 Å². The summed E-state index contributed by atoms with van der Waals surface area (Å²) in [5.74, 6) is 2.33. The van der Waals surface area contributed by atoms with Crippen molar-refractivity contribution in [3.63, 3.8) is 0 Å². The van der Waals surface area contributed by atoms with Crippen LogP contribution < -0.4 is 14.8 Å². The molecule has 3 aromatic carbocycles. The average molecular weight is 397 g/mol. The van der Waals surface area contributed by atoms with Crippen LogP contribution in [0.25, 0.3) is 0 Å². The third-order valence-electron chi connectivity index (χ3n) is 6.76. The van der Waals surface area contributed by atoms with Crippen LogP contribution in [0.3, 0.4) is 0 Å². The lowest BCUT2D eigenvalue weighted by atomic mass is 9.59. The van der Waals surface area contributed by atoms with Gasteiger partial charge in [-0.2, -0.15) is 0 Å². The zero-order valence-electron chi connectivity index (χ0n) is 16.6. The van der Waals surface area contributed by atoms with Crippen LogP contribution in [0.15, 0.2) is 72.8 Å². The normalized spacial score (nSPS) is 25.2. The summed E-state index contributed by atoms with van der Waals surface area (Å²) in [4.78, 5) is 12.8. The lowest BCUT2D eigenvalue weighted by molar-refractivity contribution is -0.130. The highest BCUT2D eigenvalue weighted by molar-refractivity contribution is 5.81. The van der Waals surface area contributed by atoms with E-state index >= 15 is 0 Å². The fourth-order valence-corrected chi connectivity index (χ4v) is 5.45. The zero-order valence-corrected chi connectivity index (χ0v) is 16.6. The van der Waals surface area contributed by atoms with Crippen LogP contribution in [0.4, 0.5) is 0 Å². The van der Waals surface area contributed by atoms with E-state index in [-0.39, 0.29) is 12.5 Å². The molecule has 3 aliphatic carbocycles.